The molecular weight excluding hydrogens is 508 g/mol. The zero-order valence-corrected chi connectivity index (χ0v) is 18.7. The molecule has 1 aliphatic heterocycles. The molecule has 2 N–H and O–H groups in total. The fourth-order valence-corrected chi connectivity index (χ4v) is 3.92. The van der Waals surface area contributed by atoms with Gasteiger partial charge in [-0.3, -0.25) is 10.1 Å². The van der Waals surface area contributed by atoms with Gasteiger partial charge in [-0.2, -0.15) is 26.3 Å². The van der Waals surface area contributed by atoms with Crippen molar-refractivity contribution in [2.24, 2.45) is 0 Å². The van der Waals surface area contributed by atoms with E-state index < -0.39 is 48.6 Å². The van der Waals surface area contributed by atoms with Crippen LogP contribution >= 0.6 is 0 Å². The second kappa shape index (κ2) is 9.64. The molecule has 7 nitrogen and oxygen atoms in total. The number of ether oxygens (including phenoxy) is 1. The van der Waals surface area contributed by atoms with Crippen LogP contribution in [0.2, 0.25) is 0 Å². The van der Waals surface area contributed by atoms with Crippen LogP contribution in [-0.4, -0.2) is 33.6 Å². The van der Waals surface area contributed by atoms with E-state index >= 15 is 0 Å². The number of pyridine rings is 1. The number of hydrogen-bond acceptors (Lipinski definition) is 4. The van der Waals surface area contributed by atoms with Crippen LogP contribution < -0.4 is 10.1 Å². The predicted octanol–water partition coefficient (Wildman–Crippen LogP) is 5.80. The van der Waals surface area contributed by atoms with Gasteiger partial charge in [-0.25, -0.2) is 9.78 Å². The fourth-order valence-electron chi connectivity index (χ4n) is 3.92. The largest absolute Gasteiger partial charge is 0.467 e. The highest BCUT2D eigenvalue weighted by Gasteiger charge is 2.37. The minimum absolute atomic E-state index is 0.0145. The Morgan fingerprint density at radius 2 is 1.65 bits per heavy atom. The lowest BCUT2D eigenvalue weighted by molar-refractivity contribution is -0.143. The summed E-state index contributed by atoms with van der Waals surface area (Å²) in [4.78, 5) is 29.1. The third kappa shape index (κ3) is 5.76. The van der Waals surface area contributed by atoms with Crippen molar-refractivity contribution < 1.29 is 45.8 Å². The average Bonchev–Trinajstić information content (AvgIpc) is 2.96. The van der Waals surface area contributed by atoms with E-state index in [1.54, 1.807) is 18.2 Å². The predicted molar refractivity (Wildman–Crippen MR) is 118 cm³/mol. The van der Waals surface area contributed by atoms with Gasteiger partial charge in [-0.05, 0) is 41.5 Å². The second-order valence-corrected chi connectivity index (χ2v) is 8.07. The average molecular weight is 525 g/mol. The summed E-state index contributed by atoms with van der Waals surface area (Å²) in [7, 11) is 0. The third-order valence-corrected chi connectivity index (χ3v) is 5.53. The maximum absolute atomic E-state index is 13.3. The summed E-state index contributed by atoms with van der Waals surface area (Å²) in [6, 6.07) is 8.99. The molecule has 3 aromatic rings. The van der Waals surface area contributed by atoms with Crippen LogP contribution in [0.1, 0.15) is 22.3 Å². The molecule has 2 amide bonds. The smallest absolute Gasteiger partial charge is 0.416 e. The summed E-state index contributed by atoms with van der Waals surface area (Å²) in [5.74, 6) is -0.662. The molecule has 0 radical (unpaired) electrons. The zero-order chi connectivity index (χ0) is 27.0. The van der Waals surface area contributed by atoms with E-state index in [0.717, 1.165) is 4.90 Å². The van der Waals surface area contributed by atoms with Gasteiger partial charge in [0.25, 0.3) is 5.91 Å². The molecule has 0 atom stereocenters. The van der Waals surface area contributed by atoms with Gasteiger partial charge in [0.15, 0.2) is 6.61 Å². The van der Waals surface area contributed by atoms with Gasteiger partial charge in [0.1, 0.15) is 0 Å². The van der Waals surface area contributed by atoms with E-state index in [4.69, 9.17) is 9.84 Å². The lowest BCUT2D eigenvalue weighted by Crippen LogP contribution is -2.32. The number of para-hydroxylation sites is 1. The lowest BCUT2D eigenvalue weighted by Gasteiger charge is -2.23. The number of rotatable bonds is 4. The lowest BCUT2D eigenvalue weighted by atomic mass is 9.98. The standard InChI is InChI=1S/C24H17F6N3O4/c25-23(26,27)14-7-13(8-15(9-14)24(28,29)30)10-33-11-18-16(5-6-31-21(18)37-12-20(33)34)17-3-1-2-4-19(17)32-22(35)36/h1-9,32H,10-12H2,(H,35,36). The highest BCUT2D eigenvalue weighted by Crippen LogP contribution is 2.38. The highest BCUT2D eigenvalue weighted by molar-refractivity contribution is 5.91. The second-order valence-electron chi connectivity index (χ2n) is 8.07. The van der Waals surface area contributed by atoms with Gasteiger partial charge < -0.3 is 14.7 Å². The Hall–Kier alpha value is -4.29. The highest BCUT2D eigenvalue weighted by atomic mass is 19.4. The van der Waals surface area contributed by atoms with Gasteiger partial charge in [0.05, 0.1) is 23.4 Å². The van der Waals surface area contributed by atoms with E-state index in [-0.39, 0.29) is 29.7 Å². The summed E-state index contributed by atoms with van der Waals surface area (Å²) in [6.07, 6.45) is -10.0. The molecule has 2 heterocycles. The normalized spacial score (nSPS) is 14.0. The molecule has 0 unspecified atom stereocenters. The van der Waals surface area contributed by atoms with Crippen molar-refractivity contribution in [1.29, 1.82) is 0 Å². The number of anilines is 1. The van der Waals surface area contributed by atoms with E-state index in [0.29, 0.717) is 28.8 Å². The van der Waals surface area contributed by atoms with Crippen LogP contribution in [-0.2, 0) is 30.2 Å². The Bertz CT molecular complexity index is 1320. The molecule has 2 aromatic carbocycles. The van der Waals surface area contributed by atoms with Crippen molar-refractivity contribution in [1.82, 2.24) is 9.88 Å². The van der Waals surface area contributed by atoms with Crippen LogP contribution in [0.3, 0.4) is 0 Å². The molecule has 4 rings (SSSR count). The van der Waals surface area contributed by atoms with Crippen LogP contribution in [0.5, 0.6) is 5.88 Å². The zero-order valence-electron chi connectivity index (χ0n) is 18.7. The van der Waals surface area contributed by atoms with E-state index in [9.17, 15) is 35.9 Å². The summed E-state index contributed by atoms with van der Waals surface area (Å²) < 4.78 is 85.3. The van der Waals surface area contributed by atoms with Gasteiger partial charge in [0, 0.05) is 23.9 Å². The van der Waals surface area contributed by atoms with Crippen LogP contribution in [0, 0.1) is 0 Å². The van der Waals surface area contributed by atoms with Crippen LogP contribution in [0.4, 0.5) is 36.8 Å². The summed E-state index contributed by atoms with van der Waals surface area (Å²) in [6.45, 7) is -1.39. The van der Waals surface area contributed by atoms with Crippen molar-refractivity contribution in [3.8, 4) is 17.0 Å². The Morgan fingerprint density at radius 1 is 1.00 bits per heavy atom. The number of nitrogens with one attached hydrogen (secondary N) is 1. The molecule has 0 fully saturated rings. The molecule has 0 aliphatic carbocycles. The van der Waals surface area contributed by atoms with E-state index in [1.165, 1.54) is 18.3 Å². The van der Waals surface area contributed by atoms with Gasteiger partial charge >= 0.3 is 18.4 Å². The molecular formula is C24H17F6N3O4. The fraction of sp³-hybridized carbons (Fsp3) is 0.208. The van der Waals surface area contributed by atoms with E-state index in [1.807, 2.05) is 0 Å². The quantitative estimate of drug-likeness (QED) is 0.421. The van der Waals surface area contributed by atoms with Gasteiger partial charge in [0.2, 0.25) is 5.88 Å². The van der Waals surface area contributed by atoms with Crippen molar-refractivity contribution in [3.63, 3.8) is 0 Å². The van der Waals surface area contributed by atoms with Crippen LogP contribution in [0.15, 0.2) is 54.7 Å². The first kappa shape index (κ1) is 25.8. The number of alkyl halides is 6. The number of carboxylic acid groups (broad SMARTS) is 1. The molecule has 0 saturated carbocycles. The van der Waals surface area contributed by atoms with Crippen molar-refractivity contribution in [2.75, 3.05) is 11.9 Å². The summed E-state index contributed by atoms with van der Waals surface area (Å²) >= 11 is 0. The minimum atomic E-state index is -5.04. The molecule has 0 bridgehead atoms. The number of carbonyl (C=O) groups is 2. The Balaban J connectivity index is 1.75. The number of amides is 2. The van der Waals surface area contributed by atoms with Crippen molar-refractivity contribution >= 4 is 17.7 Å². The Kier molecular flexibility index (Phi) is 6.72. The number of aromatic nitrogens is 1. The molecule has 13 heteroatoms. The molecule has 194 valence electrons. The summed E-state index contributed by atoms with van der Waals surface area (Å²) in [5.41, 5.74) is -2.04. The van der Waals surface area contributed by atoms with E-state index in [2.05, 4.69) is 10.3 Å². The maximum atomic E-state index is 13.3. The number of benzene rings is 2. The SMILES string of the molecule is O=C(O)Nc1ccccc1-c1ccnc2c1CN(Cc1cc(C(F)(F)F)cc(C(F)(F)F)c1)C(=O)CO2. The minimum Gasteiger partial charge on any atom is -0.467 e. The summed E-state index contributed by atoms with van der Waals surface area (Å²) in [5, 5.41) is 11.4. The maximum Gasteiger partial charge on any atom is 0.416 e. The Morgan fingerprint density at radius 3 is 2.27 bits per heavy atom. The molecule has 37 heavy (non-hydrogen) atoms. The number of hydrogen-bond donors (Lipinski definition) is 2. The first-order chi connectivity index (χ1) is 17.3. The first-order valence-electron chi connectivity index (χ1n) is 10.6. The van der Waals surface area contributed by atoms with Crippen LogP contribution in [0.25, 0.3) is 11.1 Å². The number of carbonyl (C=O) groups excluding carboxylic acids is 1. The first-order valence-corrected chi connectivity index (χ1v) is 10.6. The van der Waals surface area contributed by atoms with Crippen molar-refractivity contribution in [3.05, 3.63) is 77.0 Å². The molecule has 1 aliphatic rings. The molecule has 0 saturated heterocycles. The number of nitrogens with zero attached hydrogens (tertiary/aromatic N) is 2. The topological polar surface area (TPSA) is 91.8 Å². The molecule has 1 aromatic heterocycles. The number of fused-ring (bicyclic) bond motifs is 1. The molecule has 0 spiro atoms. The van der Waals surface area contributed by atoms with Crippen molar-refractivity contribution in [2.45, 2.75) is 25.4 Å². The number of halogens is 6. The third-order valence-electron chi connectivity index (χ3n) is 5.53. The monoisotopic (exact) mass is 525 g/mol. The van der Waals surface area contributed by atoms with Gasteiger partial charge in [-0.15, -0.1) is 0 Å². The van der Waals surface area contributed by atoms with Gasteiger partial charge in [-0.1, -0.05) is 18.2 Å². The Labute approximate surface area is 205 Å².